The number of hydrogen-bond donors (Lipinski definition) is 1. The molecule has 0 aliphatic carbocycles. The maximum absolute atomic E-state index is 13.7. The van der Waals surface area contributed by atoms with Crippen LogP contribution in [-0.4, -0.2) is 9.97 Å². The third-order valence-electron chi connectivity index (χ3n) is 2.49. The van der Waals surface area contributed by atoms with E-state index in [1.54, 1.807) is 17.5 Å². The van der Waals surface area contributed by atoms with Crippen LogP contribution in [-0.2, 0) is 0 Å². The SMILES string of the molecule is Cc1nc(C)c(C(C)Nc2ncc(Br)cc2F)s1. The van der Waals surface area contributed by atoms with Crippen LogP contribution in [0.5, 0.6) is 0 Å². The van der Waals surface area contributed by atoms with Crippen molar-refractivity contribution in [2.45, 2.75) is 26.8 Å². The summed E-state index contributed by atoms with van der Waals surface area (Å²) in [5, 5.41) is 4.09. The second-order valence-electron chi connectivity index (χ2n) is 4.03. The van der Waals surface area contributed by atoms with Gasteiger partial charge in [0.15, 0.2) is 11.6 Å². The van der Waals surface area contributed by atoms with Crippen molar-refractivity contribution in [2.24, 2.45) is 0 Å². The highest BCUT2D eigenvalue weighted by Crippen LogP contribution is 2.28. The molecule has 96 valence electrons. The largest absolute Gasteiger partial charge is 0.360 e. The molecule has 0 saturated carbocycles. The zero-order chi connectivity index (χ0) is 13.3. The first-order chi connectivity index (χ1) is 8.47. The van der Waals surface area contributed by atoms with Crippen molar-refractivity contribution >= 4 is 33.1 Å². The lowest BCUT2D eigenvalue weighted by molar-refractivity contribution is 0.620. The van der Waals surface area contributed by atoms with Crippen LogP contribution in [0.25, 0.3) is 0 Å². The summed E-state index contributed by atoms with van der Waals surface area (Å²) in [4.78, 5) is 9.51. The third-order valence-corrected chi connectivity index (χ3v) is 4.18. The Labute approximate surface area is 118 Å². The molecular formula is C12H13BrFN3S. The fraction of sp³-hybridized carbons (Fsp3) is 0.333. The van der Waals surface area contributed by atoms with Crippen LogP contribution in [0.3, 0.4) is 0 Å². The molecule has 0 spiro atoms. The van der Waals surface area contributed by atoms with Crippen molar-refractivity contribution < 1.29 is 4.39 Å². The number of pyridine rings is 1. The van der Waals surface area contributed by atoms with E-state index in [1.807, 2.05) is 20.8 Å². The number of aryl methyl sites for hydroxylation is 2. The van der Waals surface area contributed by atoms with Gasteiger partial charge in [0.05, 0.1) is 16.7 Å². The fourth-order valence-corrected chi connectivity index (χ4v) is 2.97. The van der Waals surface area contributed by atoms with Gasteiger partial charge in [0, 0.05) is 15.5 Å². The Morgan fingerprint density at radius 1 is 1.44 bits per heavy atom. The van der Waals surface area contributed by atoms with Crippen LogP contribution in [0, 0.1) is 19.7 Å². The maximum Gasteiger partial charge on any atom is 0.166 e. The summed E-state index contributed by atoms with van der Waals surface area (Å²) in [7, 11) is 0. The maximum atomic E-state index is 13.7. The number of rotatable bonds is 3. The second-order valence-corrected chi connectivity index (χ2v) is 6.18. The van der Waals surface area contributed by atoms with Gasteiger partial charge in [0.2, 0.25) is 0 Å². The zero-order valence-corrected chi connectivity index (χ0v) is 12.7. The van der Waals surface area contributed by atoms with Crippen LogP contribution in [0.15, 0.2) is 16.7 Å². The summed E-state index contributed by atoms with van der Waals surface area (Å²) >= 11 is 4.80. The minimum Gasteiger partial charge on any atom is -0.360 e. The Morgan fingerprint density at radius 2 is 2.17 bits per heavy atom. The molecule has 2 aromatic rings. The van der Waals surface area contributed by atoms with E-state index in [4.69, 9.17) is 0 Å². The average Bonchev–Trinajstić information content (AvgIpc) is 2.62. The van der Waals surface area contributed by atoms with Crippen LogP contribution in [0.4, 0.5) is 10.2 Å². The highest BCUT2D eigenvalue weighted by atomic mass is 79.9. The Bertz CT molecular complexity index is 570. The lowest BCUT2D eigenvalue weighted by atomic mass is 10.2. The first-order valence-electron chi connectivity index (χ1n) is 5.49. The molecule has 0 radical (unpaired) electrons. The zero-order valence-electron chi connectivity index (χ0n) is 10.3. The van der Waals surface area contributed by atoms with E-state index in [1.165, 1.54) is 6.07 Å². The third kappa shape index (κ3) is 2.87. The molecule has 1 unspecified atom stereocenters. The molecule has 0 bridgehead atoms. The van der Waals surface area contributed by atoms with E-state index >= 15 is 0 Å². The number of nitrogens with one attached hydrogen (secondary N) is 1. The molecule has 2 rings (SSSR count). The summed E-state index contributed by atoms with van der Waals surface area (Å²) in [5.74, 6) is -0.105. The molecule has 1 N–H and O–H groups in total. The quantitative estimate of drug-likeness (QED) is 0.915. The monoisotopic (exact) mass is 329 g/mol. The predicted octanol–water partition coefficient (Wildman–Crippen LogP) is 4.23. The smallest absolute Gasteiger partial charge is 0.166 e. The molecule has 1 atom stereocenters. The highest BCUT2D eigenvalue weighted by Gasteiger charge is 2.15. The molecule has 0 aromatic carbocycles. The van der Waals surface area contributed by atoms with Gasteiger partial charge in [-0.15, -0.1) is 11.3 Å². The summed E-state index contributed by atoms with van der Waals surface area (Å²) in [5.41, 5.74) is 0.981. The molecule has 2 heterocycles. The molecule has 0 fully saturated rings. The summed E-state index contributed by atoms with van der Waals surface area (Å²) in [6.45, 7) is 5.90. The van der Waals surface area contributed by atoms with Crippen molar-refractivity contribution in [3.63, 3.8) is 0 Å². The number of aromatic nitrogens is 2. The fourth-order valence-electron chi connectivity index (χ4n) is 1.74. The summed E-state index contributed by atoms with van der Waals surface area (Å²) < 4.78 is 14.3. The number of anilines is 1. The minimum absolute atomic E-state index is 0.0145. The Morgan fingerprint density at radius 3 is 2.72 bits per heavy atom. The van der Waals surface area contributed by atoms with E-state index in [2.05, 4.69) is 31.2 Å². The molecule has 6 heteroatoms. The molecule has 0 saturated heterocycles. The van der Waals surface area contributed by atoms with Crippen LogP contribution in [0.1, 0.15) is 28.5 Å². The van der Waals surface area contributed by atoms with Crippen LogP contribution < -0.4 is 5.32 Å². The van der Waals surface area contributed by atoms with Gasteiger partial charge in [-0.1, -0.05) is 0 Å². The van der Waals surface area contributed by atoms with Crippen molar-refractivity contribution in [1.82, 2.24) is 9.97 Å². The lowest BCUT2D eigenvalue weighted by Crippen LogP contribution is -2.09. The first kappa shape index (κ1) is 13.4. The van der Waals surface area contributed by atoms with Crippen LogP contribution in [0.2, 0.25) is 0 Å². The Hall–Kier alpha value is -1.01. The molecule has 2 aromatic heterocycles. The van der Waals surface area contributed by atoms with Gasteiger partial charge in [-0.2, -0.15) is 0 Å². The van der Waals surface area contributed by atoms with Gasteiger partial charge in [-0.3, -0.25) is 0 Å². The lowest BCUT2D eigenvalue weighted by Gasteiger charge is -2.14. The molecule has 3 nitrogen and oxygen atoms in total. The predicted molar refractivity (Wildman–Crippen MR) is 75.5 cm³/mol. The highest BCUT2D eigenvalue weighted by molar-refractivity contribution is 9.10. The summed E-state index contributed by atoms with van der Waals surface area (Å²) in [6.07, 6.45) is 1.57. The molecule has 18 heavy (non-hydrogen) atoms. The van der Waals surface area contributed by atoms with Gasteiger partial charge in [0.25, 0.3) is 0 Å². The summed E-state index contributed by atoms with van der Waals surface area (Å²) in [6, 6.07) is 1.38. The first-order valence-corrected chi connectivity index (χ1v) is 7.10. The van der Waals surface area contributed by atoms with Crippen molar-refractivity contribution in [2.75, 3.05) is 5.32 Å². The van der Waals surface area contributed by atoms with E-state index in [-0.39, 0.29) is 17.7 Å². The van der Waals surface area contributed by atoms with Gasteiger partial charge in [-0.25, -0.2) is 14.4 Å². The molecule has 0 amide bonds. The van der Waals surface area contributed by atoms with Crippen molar-refractivity contribution in [3.8, 4) is 0 Å². The van der Waals surface area contributed by atoms with Gasteiger partial charge in [0.1, 0.15) is 0 Å². The van der Waals surface area contributed by atoms with Gasteiger partial charge < -0.3 is 5.32 Å². The van der Waals surface area contributed by atoms with Crippen molar-refractivity contribution in [3.05, 3.63) is 38.1 Å². The molecule has 0 aliphatic heterocycles. The number of hydrogen-bond acceptors (Lipinski definition) is 4. The van der Waals surface area contributed by atoms with E-state index in [0.29, 0.717) is 4.47 Å². The standard InChI is InChI=1S/C12H13BrFN3S/c1-6-11(18-8(3)16-6)7(2)17-12-10(14)4-9(13)5-15-12/h4-5,7H,1-3H3,(H,15,17). The average molecular weight is 330 g/mol. The minimum atomic E-state index is -0.366. The molecule has 0 aliphatic rings. The normalized spacial score (nSPS) is 12.5. The van der Waals surface area contributed by atoms with E-state index in [9.17, 15) is 4.39 Å². The number of nitrogens with zero attached hydrogens (tertiary/aromatic N) is 2. The Kier molecular flexibility index (Phi) is 3.97. The van der Waals surface area contributed by atoms with Crippen molar-refractivity contribution in [1.29, 1.82) is 0 Å². The molecular weight excluding hydrogens is 317 g/mol. The Balaban J connectivity index is 2.21. The topological polar surface area (TPSA) is 37.8 Å². The number of thiazole rings is 1. The van der Waals surface area contributed by atoms with E-state index < -0.39 is 0 Å². The van der Waals surface area contributed by atoms with Crippen LogP contribution >= 0.6 is 27.3 Å². The number of halogens is 2. The van der Waals surface area contributed by atoms with E-state index in [0.717, 1.165) is 15.6 Å². The second kappa shape index (κ2) is 5.32. The van der Waals surface area contributed by atoms with Gasteiger partial charge >= 0.3 is 0 Å². The van der Waals surface area contributed by atoms with Gasteiger partial charge in [-0.05, 0) is 42.8 Å².